The van der Waals surface area contributed by atoms with Crippen LogP contribution in [0, 0.1) is 11.8 Å². The lowest BCUT2D eigenvalue weighted by atomic mass is 9.85. The first-order chi connectivity index (χ1) is 34.6. The summed E-state index contributed by atoms with van der Waals surface area (Å²) in [5.41, 5.74) is 1.84. The summed E-state index contributed by atoms with van der Waals surface area (Å²) in [5.74, 6) is 1.01. The third-order valence-electron chi connectivity index (χ3n) is 13.5. The summed E-state index contributed by atoms with van der Waals surface area (Å²) in [6.07, 6.45) is 14.5. The number of likely N-dealkylation sites (tertiary alicyclic amines) is 4. The molecule has 0 bridgehead atoms. The fourth-order valence-electron chi connectivity index (χ4n) is 9.37. The molecule has 4 aliphatic rings. The van der Waals surface area contributed by atoms with E-state index in [2.05, 4.69) is 68.6 Å². The maximum Gasteiger partial charge on any atom is 0.412 e. The first-order valence-electron chi connectivity index (χ1n) is 27.6. The van der Waals surface area contributed by atoms with Crippen LogP contribution >= 0.6 is 0 Å². The molecule has 2 aromatic carbocycles. The van der Waals surface area contributed by atoms with Crippen molar-refractivity contribution in [1.82, 2.24) is 40.9 Å². The van der Waals surface area contributed by atoms with E-state index in [1.54, 1.807) is 24.3 Å². The summed E-state index contributed by atoms with van der Waals surface area (Å²) in [6, 6.07) is 10.8. The van der Waals surface area contributed by atoms with E-state index in [1.165, 1.54) is 83.5 Å². The van der Waals surface area contributed by atoms with E-state index in [0.29, 0.717) is 39.0 Å². The van der Waals surface area contributed by atoms with Crippen molar-refractivity contribution in [1.29, 1.82) is 0 Å². The molecule has 0 radical (unpaired) electrons. The molecule has 2 aromatic rings. The van der Waals surface area contributed by atoms with Gasteiger partial charge in [-0.25, -0.2) is 19.2 Å². The molecule has 0 aliphatic carbocycles. The Bertz CT molecular complexity index is 1700. The molecular weight excluding hydrogens is 901 g/mol. The molecule has 1 unspecified atom stereocenters. The molecule has 400 valence electrons. The van der Waals surface area contributed by atoms with Gasteiger partial charge < -0.3 is 59.8 Å². The number of carbonyl (C=O) groups is 4. The number of hydrogen-bond acceptors (Lipinski definition) is 12. The summed E-state index contributed by atoms with van der Waals surface area (Å²) in [5, 5.41) is 11.5. The van der Waals surface area contributed by atoms with Gasteiger partial charge in [0, 0.05) is 52.4 Å². The molecule has 4 fully saturated rings. The maximum atomic E-state index is 13.1. The van der Waals surface area contributed by atoms with Gasteiger partial charge in [-0.15, -0.1) is 0 Å². The third kappa shape index (κ3) is 23.6. The minimum absolute atomic E-state index is 0.158. The summed E-state index contributed by atoms with van der Waals surface area (Å²) in [6.45, 7) is 25.7. The molecule has 6 rings (SSSR count). The Hall–Kier alpha value is -4.64. The SMILES string of the molecule is CC.CC(Cc1ccc(OC(=O)NCCN2CCCCC2)c(OC(=O)NCCN2CCCCC2)c1)[C@H](C)Cc1ccc(OC(=O)NCCN2CCCCC2)c(OC(=O)NCCN2CCCCC2)c1.CCC. The van der Waals surface area contributed by atoms with Crippen molar-refractivity contribution >= 4 is 24.4 Å². The van der Waals surface area contributed by atoms with Crippen LogP contribution in [0.4, 0.5) is 19.2 Å². The smallest absolute Gasteiger partial charge is 0.406 e. The number of benzene rings is 2. The van der Waals surface area contributed by atoms with Crippen LogP contribution in [0.1, 0.15) is 136 Å². The van der Waals surface area contributed by atoms with Crippen molar-refractivity contribution in [2.75, 3.05) is 105 Å². The number of ether oxygens (including phenoxy) is 4. The molecule has 4 amide bonds. The van der Waals surface area contributed by atoms with E-state index in [0.717, 1.165) is 89.7 Å². The molecule has 4 aliphatic heterocycles. The number of amides is 4. The Labute approximate surface area is 427 Å². The predicted molar refractivity (Wildman–Crippen MR) is 283 cm³/mol. The number of nitrogens with zero attached hydrogens (tertiary/aromatic N) is 4. The number of piperidine rings is 4. The normalized spacial score (nSPS) is 17.7. The van der Waals surface area contributed by atoms with Gasteiger partial charge in [0.15, 0.2) is 23.0 Å². The van der Waals surface area contributed by atoms with Crippen LogP contribution in [-0.4, -0.2) is 149 Å². The highest BCUT2D eigenvalue weighted by molar-refractivity contribution is 5.75. The van der Waals surface area contributed by atoms with Crippen molar-refractivity contribution in [2.24, 2.45) is 11.8 Å². The van der Waals surface area contributed by atoms with Crippen molar-refractivity contribution in [3.8, 4) is 23.0 Å². The molecular formula is C55H92N8O8. The Balaban J connectivity index is 0.00000211. The van der Waals surface area contributed by atoms with Crippen molar-refractivity contribution < 1.29 is 38.1 Å². The highest BCUT2D eigenvalue weighted by Crippen LogP contribution is 2.33. The van der Waals surface area contributed by atoms with Gasteiger partial charge in [0.25, 0.3) is 0 Å². The van der Waals surface area contributed by atoms with Crippen LogP contribution in [0.3, 0.4) is 0 Å². The molecule has 4 heterocycles. The van der Waals surface area contributed by atoms with Crippen LogP contribution in [0.2, 0.25) is 0 Å². The number of nitrogens with one attached hydrogen (secondary N) is 4. The minimum atomic E-state index is -0.600. The molecule has 16 heteroatoms. The molecule has 0 aromatic heterocycles. The van der Waals surface area contributed by atoms with Crippen LogP contribution in [0.15, 0.2) is 36.4 Å². The molecule has 4 N–H and O–H groups in total. The van der Waals surface area contributed by atoms with E-state index in [1.807, 2.05) is 26.0 Å². The molecule has 0 saturated carbocycles. The van der Waals surface area contributed by atoms with Crippen LogP contribution < -0.4 is 40.2 Å². The van der Waals surface area contributed by atoms with Gasteiger partial charge in [-0.3, -0.25) is 0 Å². The maximum absolute atomic E-state index is 13.1. The van der Waals surface area contributed by atoms with Crippen molar-refractivity contribution in [3.05, 3.63) is 47.5 Å². The average Bonchev–Trinajstić information content (AvgIpc) is 3.37. The molecule has 16 nitrogen and oxygen atoms in total. The second-order valence-electron chi connectivity index (χ2n) is 19.5. The first-order valence-corrected chi connectivity index (χ1v) is 27.6. The average molecular weight is 993 g/mol. The van der Waals surface area contributed by atoms with E-state index < -0.39 is 24.4 Å². The second-order valence-corrected chi connectivity index (χ2v) is 19.5. The summed E-state index contributed by atoms with van der Waals surface area (Å²) in [7, 11) is 0. The highest BCUT2D eigenvalue weighted by atomic mass is 16.6. The van der Waals surface area contributed by atoms with E-state index in [-0.39, 0.29) is 34.8 Å². The van der Waals surface area contributed by atoms with Crippen molar-refractivity contribution in [3.63, 3.8) is 0 Å². The van der Waals surface area contributed by atoms with Gasteiger partial charge in [0.05, 0.1) is 0 Å². The van der Waals surface area contributed by atoms with E-state index >= 15 is 0 Å². The fraction of sp³-hybridized carbons (Fsp3) is 0.709. The summed E-state index contributed by atoms with van der Waals surface area (Å²) in [4.78, 5) is 61.5. The Kier molecular flexibility index (Phi) is 28.8. The Morgan fingerprint density at radius 2 is 0.662 bits per heavy atom. The standard InChI is InChI=1S/C50H78N8O8.C3H8.C2H6/c1-39(35-41-15-17-43(63-47(59)51-19-31-55-23-7-3-8-24-55)45(37-41)65-49(61)53-21-33-57-27-11-5-12-28-57)40(2)36-42-16-18-44(64-48(60)52-20-32-56-25-9-4-10-26-56)46(38-42)66-50(62)54-22-34-58-29-13-6-14-30-58;1-3-2;1-2/h15-18,37-40H,3-14,19-36H2,1-2H3,(H,51,59)(H,52,60)(H,53,61)(H,54,62);3H2,1-2H3;1-2H3/t39-,40?;;/m1../s1. The molecule has 71 heavy (non-hydrogen) atoms. The first kappa shape index (κ1) is 58.9. The zero-order chi connectivity index (χ0) is 51.1. The zero-order valence-corrected chi connectivity index (χ0v) is 44.6. The number of hydrogen-bond donors (Lipinski definition) is 4. The van der Waals surface area contributed by atoms with E-state index in [9.17, 15) is 19.2 Å². The van der Waals surface area contributed by atoms with E-state index in [4.69, 9.17) is 18.9 Å². The molecule has 0 spiro atoms. The number of rotatable bonds is 21. The van der Waals surface area contributed by atoms with Gasteiger partial charge >= 0.3 is 24.4 Å². The van der Waals surface area contributed by atoms with Gasteiger partial charge in [-0.05, 0) is 164 Å². The van der Waals surface area contributed by atoms with Crippen LogP contribution in [0.5, 0.6) is 23.0 Å². The summed E-state index contributed by atoms with van der Waals surface area (Å²) >= 11 is 0. The van der Waals surface area contributed by atoms with Crippen LogP contribution in [0.25, 0.3) is 0 Å². The van der Waals surface area contributed by atoms with Crippen molar-refractivity contribution in [2.45, 2.75) is 138 Å². The zero-order valence-electron chi connectivity index (χ0n) is 44.6. The Morgan fingerprint density at radius 3 is 0.915 bits per heavy atom. The second kappa shape index (κ2) is 34.7. The largest absolute Gasteiger partial charge is 0.412 e. The topological polar surface area (TPSA) is 166 Å². The van der Waals surface area contributed by atoms with Gasteiger partial charge in [-0.2, -0.15) is 0 Å². The highest BCUT2D eigenvalue weighted by Gasteiger charge is 2.22. The predicted octanol–water partition coefficient (Wildman–Crippen LogP) is 9.48. The lowest BCUT2D eigenvalue weighted by molar-refractivity contribution is 0.183. The molecule has 2 atom stereocenters. The quantitative estimate of drug-likeness (QED) is 0.0938. The van der Waals surface area contributed by atoms with Gasteiger partial charge in [0.1, 0.15) is 0 Å². The lowest BCUT2D eigenvalue weighted by Gasteiger charge is -2.26. The van der Waals surface area contributed by atoms with Crippen LogP contribution in [-0.2, 0) is 12.8 Å². The van der Waals surface area contributed by atoms with Gasteiger partial charge in [-0.1, -0.05) is 85.8 Å². The summed E-state index contributed by atoms with van der Waals surface area (Å²) < 4.78 is 23.1. The third-order valence-corrected chi connectivity index (χ3v) is 13.5. The minimum Gasteiger partial charge on any atom is -0.406 e. The van der Waals surface area contributed by atoms with Gasteiger partial charge in [0.2, 0.25) is 0 Å². The fourth-order valence-corrected chi connectivity index (χ4v) is 9.37. The number of carbonyl (C=O) groups excluding carboxylic acids is 4. The monoisotopic (exact) mass is 993 g/mol. The lowest BCUT2D eigenvalue weighted by Crippen LogP contribution is -2.39. The Morgan fingerprint density at radius 1 is 0.423 bits per heavy atom. The molecule has 4 saturated heterocycles.